The van der Waals surface area contributed by atoms with Crippen molar-refractivity contribution in [2.45, 2.75) is 33.2 Å². The molecule has 1 aromatic carbocycles. The Morgan fingerprint density at radius 2 is 2.00 bits per heavy atom. The van der Waals surface area contributed by atoms with Gasteiger partial charge in [0.05, 0.1) is 0 Å². The fourth-order valence-electron chi connectivity index (χ4n) is 1.78. The number of hydrogen-bond acceptors (Lipinski definition) is 3. The highest BCUT2D eigenvalue weighted by Gasteiger charge is 2.06. The van der Waals surface area contributed by atoms with Crippen LogP contribution in [-0.2, 0) is 6.54 Å². The zero-order valence-corrected chi connectivity index (χ0v) is 12.2. The second-order valence-electron chi connectivity index (χ2n) is 4.89. The van der Waals surface area contributed by atoms with Crippen molar-refractivity contribution < 1.29 is 0 Å². The second kappa shape index (κ2) is 6.02. The third kappa shape index (κ3) is 3.93. The molecule has 0 aliphatic heterocycles. The van der Waals surface area contributed by atoms with Gasteiger partial charge < -0.3 is 5.32 Å². The molecule has 0 saturated carbocycles. The maximum Gasteiger partial charge on any atom is 0.133 e. The second-order valence-corrected chi connectivity index (χ2v) is 5.33. The minimum absolute atomic E-state index is 0.326. The van der Waals surface area contributed by atoms with Crippen molar-refractivity contribution in [2.24, 2.45) is 0 Å². The highest BCUT2D eigenvalue weighted by molar-refractivity contribution is 6.30. The summed E-state index contributed by atoms with van der Waals surface area (Å²) >= 11 is 5.97. The third-order valence-electron chi connectivity index (χ3n) is 2.75. The molecule has 0 atom stereocenters. The Bertz CT molecular complexity index is 567. The van der Waals surface area contributed by atoms with Gasteiger partial charge in [-0.2, -0.15) is 0 Å². The molecule has 1 heterocycles. The van der Waals surface area contributed by atoms with Crippen molar-refractivity contribution in [3.05, 3.63) is 52.4 Å². The van der Waals surface area contributed by atoms with Gasteiger partial charge in [-0.05, 0) is 24.6 Å². The van der Waals surface area contributed by atoms with Gasteiger partial charge in [0.15, 0.2) is 0 Å². The molecule has 0 spiro atoms. The van der Waals surface area contributed by atoms with Crippen LogP contribution in [0, 0.1) is 6.92 Å². The smallest absolute Gasteiger partial charge is 0.133 e. The predicted octanol–water partition coefficient (Wildman–Crippen LogP) is 4.17. The van der Waals surface area contributed by atoms with Crippen LogP contribution in [0.15, 0.2) is 30.3 Å². The van der Waals surface area contributed by atoms with E-state index in [2.05, 4.69) is 29.1 Å². The van der Waals surface area contributed by atoms with Crippen molar-refractivity contribution in [3.8, 4) is 0 Å². The molecule has 1 aromatic heterocycles. The molecule has 19 heavy (non-hydrogen) atoms. The van der Waals surface area contributed by atoms with Crippen LogP contribution >= 0.6 is 11.6 Å². The van der Waals surface area contributed by atoms with Gasteiger partial charge in [0, 0.05) is 29.2 Å². The van der Waals surface area contributed by atoms with Crippen LogP contribution < -0.4 is 5.32 Å². The van der Waals surface area contributed by atoms with E-state index in [1.165, 1.54) is 0 Å². The number of rotatable bonds is 4. The summed E-state index contributed by atoms with van der Waals surface area (Å²) in [4.78, 5) is 8.95. The van der Waals surface area contributed by atoms with Crippen molar-refractivity contribution >= 4 is 17.4 Å². The highest BCUT2D eigenvalue weighted by atomic mass is 35.5. The summed E-state index contributed by atoms with van der Waals surface area (Å²) < 4.78 is 0. The zero-order valence-electron chi connectivity index (χ0n) is 11.4. The predicted molar refractivity (Wildman–Crippen MR) is 79.6 cm³/mol. The number of anilines is 1. The Balaban J connectivity index is 2.11. The van der Waals surface area contributed by atoms with Crippen LogP contribution in [-0.4, -0.2) is 9.97 Å². The fraction of sp³-hybridized carbons (Fsp3) is 0.333. The number of nitrogens with zero attached hydrogens (tertiary/aromatic N) is 2. The molecule has 3 nitrogen and oxygen atoms in total. The van der Waals surface area contributed by atoms with E-state index in [0.29, 0.717) is 12.5 Å². The first-order valence-electron chi connectivity index (χ1n) is 6.38. The van der Waals surface area contributed by atoms with E-state index in [1.807, 2.05) is 37.3 Å². The van der Waals surface area contributed by atoms with Gasteiger partial charge in [-0.25, -0.2) is 9.97 Å². The molecule has 2 aromatic rings. The first kappa shape index (κ1) is 13.8. The average Bonchev–Trinajstić information content (AvgIpc) is 2.36. The quantitative estimate of drug-likeness (QED) is 0.910. The van der Waals surface area contributed by atoms with Gasteiger partial charge >= 0.3 is 0 Å². The molecule has 0 aliphatic carbocycles. The van der Waals surface area contributed by atoms with Gasteiger partial charge in [0.25, 0.3) is 0 Å². The third-order valence-corrected chi connectivity index (χ3v) is 2.99. The monoisotopic (exact) mass is 275 g/mol. The summed E-state index contributed by atoms with van der Waals surface area (Å²) in [5.74, 6) is 2.05. The number of aromatic nitrogens is 2. The first-order chi connectivity index (χ1) is 9.04. The van der Waals surface area contributed by atoms with Crippen LogP contribution in [0.2, 0.25) is 5.02 Å². The Kier molecular flexibility index (Phi) is 4.38. The minimum atomic E-state index is 0.326. The molecule has 0 aliphatic rings. The maximum absolute atomic E-state index is 5.97. The van der Waals surface area contributed by atoms with Gasteiger partial charge in [0.2, 0.25) is 0 Å². The number of hydrogen-bond donors (Lipinski definition) is 1. The standard InChI is InChI=1S/C15H18ClN3/c1-10(2)15-18-11(3)7-14(19-15)17-9-12-5-4-6-13(16)8-12/h4-8,10H,9H2,1-3H3,(H,17,18,19). The zero-order chi connectivity index (χ0) is 13.8. The Hall–Kier alpha value is -1.61. The lowest BCUT2D eigenvalue weighted by Crippen LogP contribution is -2.06. The molecule has 0 bridgehead atoms. The molecular weight excluding hydrogens is 258 g/mol. The van der Waals surface area contributed by atoms with Crippen molar-refractivity contribution in [2.75, 3.05) is 5.32 Å². The Labute approximate surface area is 119 Å². The number of nitrogens with one attached hydrogen (secondary N) is 1. The summed E-state index contributed by atoms with van der Waals surface area (Å²) in [5.41, 5.74) is 2.11. The van der Waals surface area contributed by atoms with E-state index < -0.39 is 0 Å². The van der Waals surface area contributed by atoms with Gasteiger partial charge in [-0.15, -0.1) is 0 Å². The topological polar surface area (TPSA) is 37.8 Å². The van der Waals surface area contributed by atoms with E-state index in [-0.39, 0.29) is 0 Å². The lowest BCUT2D eigenvalue weighted by molar-refractivity contribution is 0.766. The summed E-state index contributed by atoms with van der Waals surface area (Å²) in [7, 11) is 0. The van der Waals surface area contributed by atoms with Gasteiger partial charge in [-0.3, -0.25) is 0 Å². The molecule has 2 rings (SSSR count). The van der Waals surface area contributed by atoms with Crippen LogP contribution in [0.4, 0.5) is 5.82 Å². The fourth-order valence-corrected chi connectivity index (χ4v) is 1.99. The molecule has 0 unspecified atom stereocenters. The summed E-state index contributed by atoms with van der Waals surface area (Å²) in [6.07, 6.45) is 0. The van der Waals surface area contributed by atoms with Gasteiger partial charge in [0.1, 0.15) is 11.6 Å². The molecule has 100 valence electrons. The highest BCUT2D eigenvalue weighted by Crippen LogP contribution is 2.15. The largest absolute Gasteiger partial charge is 0.366 e. The summed E-state index contributed by atoms with van der Waals surface area (Å²) in [6, 6.07) is 9.76. The van der Waals surface area contributed by atoms with E-state index in [9.17, 15) is 0 Å². The maximum atomic E-state index is 5.97. The normalized spacial score (nSPS) is 10.8. The number of aryl methyl sites for hydroxylation is 1. The number of benzene rings is 1. The molecule has 0 amide bonds. The van der Waals surface area contributed by atoms with Crippen LogP contribution in [0.25, 0.3) is 0 Å². The van der Waals surface area contributed by atoms with E-state index in [0.717, 1.165) is 27.9 Å². The van der Waals surface area contributed by atoms with E-state index in [4.69, 9.17) is 11.6 Å². The molecule has 0 fully saturated rings. The summed E-state index contributed by atoms with van der Waals surface area (Å²) in [5, 5.41) is 4.07. The van der Waals surface area contributed by atoms with Gasteiger partial charge in [-0.1, -0.05) is 37.6 Å². The lowest BCUT2D eigenvalue weighted by Gasteiger charge is -2.10. The molecule has 0 radical (unpaired) electrons. The first-order valence-corrected chi connectivity index (χ1v) is 6.76. The van der Waals surface area contributed by atoms with Crippen molar-refractivity contribution in [3.63, 3.8) is 0 Å². The van der Waals surface area contributed by atoms with Crippen molar-refractivity contribution in [1.82, 2.24) is 9.97 Å². The minimum Gasteiger partial charge on any atom is -0.366 e. The lowest BCUT2D eigenvalue weighted by atomic mass is 10.2. The SMILES string of the molecule is Cc1cc(NCc2cccc(Cl)c2)nc(C(C)C)n1. The van der Waals surface area contributed by atoms with Crippen LogP contribution in [0.3, 0.4) is 0 Å². The van der Waals surface area contributed by atoms with Crippen LogP contribution in [0.1, 0.15) is 36.8 Å². The average molecular weight is 276 g/mol. The molecule has 0 saturated heterocycles. The number of halogens is 1. The van der Waals surface area contributed by atoms with Crippen LogP contribution in [0.5, 0.6) is 0 Å². The Morgan fingerprint density at radius 1 is 1.21 bits per heavy atom. The van der Waals surface area contributed by atoms with E-state index >= 15 is 0 Å². The van der Waals surface area contributed by atoms with Crippen molar-refractivity contribution in [1.29, 1.82) is 0 Å². The molecule has 4 heteroatoms. The summed E-state index contributed by atoms with van der Waals surface area (Å²) in [6.45, 7) is 6.87. The Morgan fingerprint density at radius 3 is 2.68 bits per heavy atom. The van der Waals surface area contributed by atoms with E-state index in [1.54, 1.807) is 0 Å². The molecular formula is C15H18ClN3. The molecule has 1 N–H and O–H groups in total.